The van der Waals surface area contributed by atoms with Crippen molar-refractivity contribution < 1.29 is 9.84 Å². The molecule has 4 nitrogen and oxygen atoms in total. The Labute approximate surface area is 119 Å². The Kier molecular flexibility index (Phi) is 5.09. The van der Waals surface area contributed by atoms with E-state index in [-0.39, 0.29) is 6.61 Å². The molecular formula is C16H20N2O2. The lowest BCUT2D eigenvalue weighted by atomic mass is 10.1. The molecule has 0 aliphatic heterocycles. The summed E-state index contributed by atoms with van der Waals surface area (Å²) in [6, 6.07) is 9.97. The van der Waals surface area contributed by atoms with E-state index in [1.165, 1.54) is 0 Å². The lowest BCUT2D eigenvalue weighted by molar-refractivity contribution is 0.205. The third-order valence-electron chi connectivity index (χ3n) is 3.15. The summed E-state index contributed by atoms with van der Waals surface area (Å²) in [5.41, 5.74) is 0.671. The quantitative estimate of drug-likeness (QED) is 0.786. The predicted octanol–water partition coefficient (Wildman–Crippen LogP) is 2.37. The maximum atomic E-state index is 9.38. The highest BCUT2D eigenvalue weighted by molar-refractivity contribution is 5.92. The number of hydrogen-bond acceptors (Lipinski definition) is 4. The summed E-state index contributed by atoms with van der Waals surface area (Å²) >= 11 is 0. The molecule has 106 valence electrons. The van der Waals surface area contributed by atoms with Crippen molar-refractivity contribution in [3.05, 3.63) is 48.7 Å². The van der Waals surface area contributed by atoms with E-state index in [2.05, 4.69) is 16.5 Å². The Morgan fingerprint density at radius 3 is 2.90 bits per heavy atom. The lowest BCUT2D eigenvalue weighted by Crippen LogP contribution is -2.28. The third kappa shape index (κ3) is 3.15. The average Bonchev–Trinajstić information content (AvgIpc) is 2.50. The molecular weight excluding hydrogens is 252 g/mol. The van der Waals surface area contributed by atoms with Gasteiger partial charge in [0.2, 0.25) is 0 Å². The van der Waals surface area contributed by atoms with Gasteiger partial charge in [-0.25, -0.2) is 4.98 Å². The van der Waals surface area contributed by atoms with Gasteiger partial charge in [-0.15, -0.1) is 6.58 Å². The van der Waals surface area contributed by atoms with E-state index >= 15 is 0 Å². The Morgan fingerprint density at radius 1 is 1.40 bits per heavy atom. The molecule has 0 bridgehead atoms. The maximum Gasteiger partial charge on any atom is 0.137 e. The second-order valence-electron chi connectivity index (χ2n) is 4.54. The van der Waals surface area contributed by atoms with Crippen molar-refractivity contribution in [3.63, 3.8) is 0 Å². The maximum absolute atomic E-state index is 9.38. The summed E-state index contributed by atoms with van der Waals surface area (Å²) in [6.07, 6.45) is 1.84. The number of pyridine rings is 1. The van der Waals surface area contributed by atoms with E-state index in [4.69, 9.17) is 4.74 Å². The highest BCUT2D eigenvalue weighted by Crippen LogP contribution is 2.25. The molecule has 0 unspecified atom stereocenters. The molecule has 0 atom stereocenters. The van der Waals surface area contributed by atoms with Crippen LogP contribution in [0, 0.1) is 0 Å². The fourth-order valence-electron chi connectivity index (χ4n) is 2.20. The minimum atomic E-state index is -0.0654. The summed E-state index contributed by atoms with van der Waals surface area (Å²) in [5.74, 6) is 0.865. The first-order chi connectivity index (χ1) is 9.80. The molecule has 0 aliphatic carbocycles. The molecule has 1 heterocycles. The topological polar surface area (TPSA) is 45.6 Å². The fraction of sp³-hybridized carbons (Fsp3) is 0.312. The number of benzene rings is 1. The van der Waals surface area contributed by atoms with Crippen LogP contribution in [-0.2, 0) is 11.3 Å². The van der Waals surface area contributed by atoms with Gasteiger partial charge in [0.05, 0.1) is 18.9 Å². The van der Waals surface area contributed by atoms with E-state index in [9.17, 15) is 5.11 Å². The number of ether oxygens (including phenoxy) is 1. The van der Waals surface area contributed by atoms with Gasteiger partial charge in [-0.3, -0.25) is 0 Å². The second-order valence-corrected chi connectivity index (χ2v) is 4.54. The molecule has 1 N–H and O–H groups in total. The molecule has 0 spiro atoms. The van der Waals surface area contributed by atoms with Crippen LogP contribution >= 0.6 is 0 Å². The zero-order valence-corrected chi connectivity index (χ0v) is 11.7. The molecule has 20 heavy (non-hydrogen) atoms. The van der Waals surface area contributed by atoms with E-state index < -0.39 is 0 Å². The first-order valence-corrected chi connectivity index (χ1v) is 6.64. The minimum absolute atomic E-state index is 0.0654. The highest BCUT2D eigenvalue weighted by Gasteiger charge is 2.12. The summed E-state index contributed by atoms with van der Waals surface area (Å²) in [4.78, 5) is 6.67. The van der Waals surface area contributed by atoms with Crippen molar-refractivity contribution in [2.75, 3.05) is 31.7 Å². The van der Waals surface area contributed by atoms with Gasteiger partial charge in [-0.2, -0.15) is 0 Å². The third-order valence-corrected chi connectivity index (χ3v) is 3.15. The van der Waals surface area contributed by atoms with E-state index in [0.717, 1.165) is 23.1 Å². The number of aliphatic hydroxyl groups excluding tert-OH is 1. The zero-order valence-electron chi connectivity index (χ0n) is 11.7. The summed E-state index contributed by atoms with van der Waals surface area (Å²) in [6.45, 7) is 5.77. The average molecular weight is 272 g/mol. The number of fused-ring (bicyclic) bond motifs is 1. The van der Waals surface area contributed by atoms with Gasteiger partial charge < -0.3 is 14.7 Å². The van der Waals surface area contributed by atoms with E-state index in [0.29, 0.717) is 18.8 Å². The molecule has 4 heteroatoms. The smallest absolute Gasteiger partial charge is 0.137 e. The van der Waals surface area contributed by atoms with Gasteiger partial charge in [0, 0.05) is 25.6 Å². The van der Waals surface area contributed by atoms with Crippen molar-refractivity contribution >= 4 is 16.6 Å². The molecule has 1 aromatic carbocycles. The first kappa shape index (κ1) is 14.5. The monoisotopic (exact) mass is 272 g/mol. The Morgan fingerprint density at radius 2 is 2.20 bits per heavy atom. The van der Waals surface area contributed by atoms with E-state index in [1.54, 1.807) is 7.11 Å². The molecule has 0 fully saturated rings. The number of aromatic nitrogens is 1. The van der Waals surface area contributed by atoms with Crippen molar-refractivity contribution in [3.8, 4) is 0 Å². The van der Waals surface area contributed by atoms with Crippen LogP contribution in [0.1, 0.15) is 5.69 Å². The largest absolute Gasteiger partial charge is 0.390 e. The van der Waals surface area contributed by atoms with Crippen LogP contribution in [-0.4, -0.2) is 36.9 Å². The van der Waals surface area contributed by atoms with E-state index in [1.807, 2.05) is 36.4 Å². The zero-order chi connectivity index (χ0) is 14.4. The van der Waals surface area contributed by atoms with Crippen molar-refractivity contribution in [2.45, 2.75) is 6.61 Å². The van der Waals surface area contributed by atoms with Crippen LogP contribution in [0.5, 0.6) is 0 Å². The van der Waals surface area contributed by atoms with Crippen molar-refractivity contribution in [1.82, 2.24) is 4.98 Å². The number of rotatable bonds is 7. The van der Waals surface area contributed by atoms with Gasteiger partial charge in [0.25, 0.3) is 0 Å². The van der Waals surface area contributed by atoms with Crippen molar-refractivity contribution in [2.24, 2.45) is 0 Å². The molecule has 0 saturated carbocycles. The standard InChI is InChI=1S/C16H20N2O2/c1-3-8-18(9-10-20-2)16-15-7-5-4-6-13(15)11-14(12-19)17-16/h3-7,11,19H,1,8-10,12H2,2H3. The number of nitrogens with zero attached hydrogens (tertiary/aromatic N) is 2. The highest BCUT2D eigenvalue weighted by atomic mass is 16.5. The second kappa shape index (κ2) is 7.03. The number of methoxy groups -OCH3 is 1. The number of hydrogen-bond donors (Lipinski definition) is 1. The van der Waals surface area contributed by atoms with Gasteiger partial charge in [-0.05, 0) is 11.5 Å². The number of aliphatic hydroxyl groups is 1. The van der Waals surface area contributed by atoms with Crippen LogP contribution in [0.3, 0.4) is 0 Å². The summed E-state index contributed by atoms with van der Waals surface area (Å²) in [5, 5.41) is 11.5. The summed E-state index contributed by atoms with van der Waals surface area (Å²) < 4.78 is 5.16. The van der Waals surface area contributed by atoms with Gasteiger partial charge in [-0.1, -0.05) is 30.3 Å². The Bertz CT molecular complexity index is 584. The predicted molar refractivity (Wildman–Crippen MR) is 82.0 cm³/mol. The van der Waals surface area contributed by atoms with Crippen LogP contribution in [0.2, 0.25) is 0 Å². The molecule has 1 aromatic heterocycles. The van der Waals surface area contributed by atoms with Crippen LogP contribution in [0.15, 0.2) is 43.0 Å². The van der Waals surface area contributed by atoms with Crippen molar-refractivity contribution in [1.29, 1.82) is 0 Å². The van der Waals surface area contributed by atoms with Gasteiger partial charge in [0.1, 0.15) is 5.82 Å². The fourth-order valence-corrected chi connectivity index (χ4v) is 2.20. The molecule has 0 aliphatic rings. The first-order valence-electron chi connectivity index (χ1n) is 6.64. The van der Waals surface area contributed by atoms with Gasteiger partial charge in [0.15, 0.2) is 0 Å². The Balaban J connectivity index is 2.50. The normalized spacial score (nSPS) is 10.7. The molecule has 0 saturated heterocycles. The lowest BCUT2D eigenvalue weighted by Gasteiger charge is -2.24. The molecule has 0 amide bonds. The molecule has 0 radical (unpaired) electrons. The SMILES string of the molecule is C=CCN(CCOC)c1nc(CO)cc2ccccc12. The molecule has 2 aromatic rings. The van der Waals surface area contributed by atoms with Crippen LogP contribution in [0.25, 0.3) is 10.8 Å². The van der Waals surface area contributed by atoms with Gasteiger partial charge >= 0.3 is 0 Å². The Hall–Kier alpha value is -1.91. The number of anilines is 1. The summed E-state index contributed by atoms with van der Waals surface area (Å²) in [7, 11) is 1.68. The van der Waals surface area contributed by atoms with Crippen LogP contribution in [0.4, 0.5) is 5.82 Å². The minimum Gasteiger partial charge on any atom is -0.390 e. The molecule has 2 rings (SSSR count). The van der Waals surface area contributed by atoms with Crippen LogP contribution < -0.4 is 4.90 Å².